The van der Waals surface area contributed by atoms with Gasteiger partial charge in [-0.3, -0.25) is 13.9 Å². The summed E-state index contributed by atoms with van der Waals surface area (Å²) in [7, 11) is 3.47. The van der Waals surface area contributed by atoms with Gasteiger partial charge in [0, 0.05) is 34.8 Å². The van der Waals surface area contributed by atoms with Gasteiger partial charge in [0.25, 0.3) is 5.91 Å². The van der Waals surface area contributed by atoms with Gasteiger partial charge in [-0.2, -0.15) is 0 Å². The molecular weight excluding hydrogens is 370 g/mol. The van der Waals surface area contributed by atoms with Crippen molar-refractivity contribution in [1.29, 1.82) is 0 Å². The van der Waals surface area contributed by atoms with Crippen molar-refractivity contribution in [3.63, 3.8) is 0 Å². The number of anilines is 1. The van der Waals surface area contributed by atoms with Crippen molar-refractivity contribution in [2.24, 2.45) is 14.1 Å². The lowest BCUT2D eigenvalue weighted by molar-refractivity contribution is 0.102. The Morgan fingerprint density at radius 2 is 1.77 bits per heavy atom. The number of amides is 1. The summed E-state index contributed by atoms with van der Waals surface area (Å²) in [5.41, 5.74) is 2.68. The van der Waals surface area contributed by atoms with Crippen molar-refractivity contribution in [3.05, 3.63) is 57.5 Å². The van der Waals surface area contributed by atoms with E-state index in [1.165, 1.54) is 0 Å². The maximum Gasteiger partial charge on any atom is 0.328 e. The lowest BCUT2D eigenvalue weighted by Crippen LogP contribution is -2.19. The smallest absolute Gasteiger partial charge is 0.321 e. The van der Waals surface area contributed by atoms with Crippen molar-refractivity contribution >= 4 is 46.0 Å². The molecule has 3 aromatic rings. The molecule has 0 saturated carbocycles. The van der Waals surface area contributed by atoms with E-state index < -0.39 is 0 Å². The number of aryl methyl sites for hydroxylation is 2. The Hall–Kier alpha value is -2.18. The molecule has 0 unspecified atom stereocenters. The summed E-state index contributed by atoms with van der Waals surface area (Å²) >= 11 is 7.62. The third kappa shape index (κ3) is 3.52. The van der Waals surface area contributed by atoms with Gasteiger partial charge in [-0.15, -0.1) is 11.8 Å². The Kier molecular flexibility index (Phi) is 5.16. The molecule has 0 bridgehead atoms. The van der Waals surface area contributed by atoms with Crippen LogP contribution in [0.15, 0.2) is 46.1 Å². The Morgan fingerprint density at radius 3 is 2.38 bits per heavy atom. The van der Waals surface area contributed by atoms with Crippen LogP contribution in [0.25, 0.3) is 11.0 Å². The highest BCUT2D eigenvalue weighted by atomic mass is 35.5. The maximum absolute atomic E-state index is 12.6. The zero-order valence-electron chi connectivity index (χ0n) is 15.0. The number of benzene rings is 2. The van der Waals surface area contributed by atoms with Crippen molar-refractivity contribution in [3.8, 4) is 0 Å². The molecule has 0 aliphatic carbocycles. The SMILES string of the molecule is CC(C)Sc1cc2c(cc1NC(=O)c1cccc(Cl)c1)n(C)c(=O)n2C. The molecule has 1 heterocycles. The molecule has 136 valence electrons. The number of thioether (sulfide) groups is 1. The zero-order chi connectivity index (χ0) is 19.0. The number of carbonyl (C=O) groups is 1. The molecule has 1 amide bonds. The summed E-state index contributed by atoms with van der Waals surface area (Å²) in [5, 5.41) is 3.80. The van der Waals surface area contributed by atoms with Gasteiger partial charge < -0.3 is 5.32 Å². The van der Waals surface area contributed by atoms with Crippen LogP contribution in [0.1, 0.15) is 24.2 Å². The Labute approximate surface area is 161 Å². The van der Waals surface area contributed by atoms with E-state index in [0.29, 0.717) is 21.5 Å². The second-order valence-electron chi connectivity index (χ2n) is 6.37. The number of imidazole rings is 1. The van der Waals surface area contributed by atoms with Gasteiger partial charge in [-0.1, -0.05) is 31.5 Å². The fraction of sp³-hybridized carbons (Fsp3) is 0.263. The highest BCUT2D eigenvalue weighted by Gasteiger charge is 2.16. The number of hydrogen-bond acceptors (Lipinski definition) is 3. The molecule has 0 saturated heterocycles. The van der Waals surface area contributed by atoms with E-state index in [0.717, 1.165) is 15.9 Å². The molecule has 0 aliphatic heterocycles. The second kappa shape index (κ2) is 7.21. The summed E-state index contributed by atoms with van der Waals surface area (Å²) in [6, 6.07) is 10.6. The first-order valence-electron chi connectivity index (χ1n) is 8.21. The van der Waals surface area contributed by atoms with Crippen LogP contribution in [-0.4, -0.2) is 20.3 Å². The number of hydrogen-bond donors (Lipinski definition) is 1. The van der Waals surface area contributed by atoms with Crippen LogP contribution in [0.4, 0.5) is 5.69 Å². The topological polar surface area (TPSA) is 56.0 Å². The predicted octanol–water partition coefficient (Wildman–Crippen LogP) is 4.28. The van der Waals surface area contributed by atoms with Gasteiger partial charge in [0.15, 0.2) is 0 Å². The molecule has 3 rings (SSSR count). The maximum atomic E-state index is 12.6. The van der Waals surface area contributed by atoms with Gasteiger partial charge in [-0.05, 0) is 30.3 Å². The molecule has 0 fully saturated rings. The van der Waals surface area contributed by atoms with Crippen LogP contribution in [0, 0.1) is 0 Å². The molecule has 2 aromatic carbocycles. The normalized spacial score (nSPS) is 11.3. The Balaban J connectivity index is 2.09. The van der Waals surface area contributed by atoms with E-state index in [4.69, 9.17) is 11.6 Å². The number of aromatic nitrogens is 2. The van der Waals surface area contributed by atoms with Crippen LogP contribution in [-0.2, 0) is 14.1 Å². The van der Waals surface area contributed by atoms with Gasteiger partial charge in [0.05, 0.1) is 16.7 Å². The van der Waals surface area contributed by atoms with Crippen molar-refractivity contribution in [1.82, 2.24) is 9.13 Å². The van der Waals surface area contributed by atoms with Crippen molar-refractivity contribution in [2.75, 3.05) is 5.32 Å². The fourth-order valence-electron chi connectivity index (χ4n) is 2.80. The van der Waals surface area contributed by atoms with Gasteiger partial charge >= 0.3 is 5.69 Å². The van der Waals surface area contributed by atoms with Crippen LogP contribution >= 0.6 is 23.4 Å². The van der Waals surface area contributed by atoms with E-state index in [9.17, 15) is 9.59 Å². The molecule has 0 atom stereocenters. The average Bonchev–Trinajstić information content (AvgIpc) is 2.79. The minimum atomic E-state index is -0.238. The molecule has 0 spiro atoms. The number of carbonyl (C=O) groups excluding carboxylic acids is 1. The lowest BCUT2D eigenvalue weighted by Gasteiger charge is -2.14. The first-order chi connectivity index (χ1) is 12.3. The monoisotopic (exact) mass is 389 g/mol. The zero-order valence-corrected chi connectivity index (χ0v) is 16.6. The molecule has 0 radical (unpaired) electrons. The van der Waals surface area contributed by atoms with E-state index in [-0.39, 0.29) is 11.6 Å². The highest BCUT2D eigenvalue weighted by molar-refractivity contribution is 8.00. The molecule has 7 heteroatoms. The number of nitrogens with zero attached hydrogens (tertiary/aromatic N) is 2. The summed E-state index contributed by atoms with van der Waals surface area (Å²) in [6.45, 7) is 4.17. The molecule has 5 nitrogen and oxygen atoms in total. The summed E-state index contributed by atoms with van der Waals surface area (Å²) in [4.78, 5) is 25.8. The average molecular weight is 390 g/mol. The van der Waals surface area contributed by atoms with Crippen LogP contribution in [0.5, 0.6) is 0 Å². The van der Waals surface area contributed by atoms with Crippen molar-refractivity contribution in [2.45, 2.75) is 24.0 Å². The molecule has 26 heavy (non-hydrogen) atoms. The number of fused-ring (bicyclic) bond motifs is 1. The third-order valence-corrected chi connectivity index (χ3v) is 5.37. The van der Waals surface area contributed by atoms with E-state index in [2.05, 4.69) is 19.2 Å². The number of rotatable bonds is 4. The summed E-state index contributed by atoms with van der Waals surface area (Å²) in [6.07, 6.45) is 0. The quantitative estimate of drug-likeness (QED) is 0.677. The minimum absolute atomic E-state index is 0.0983. The van der Waals surface area contributed by atoms with Crippen LogP contribution < -0.4 is 11.0 Å². The molecule has 1 aromatic heterocycles. The second-order valence-corrected chi connectivity index (χ2v) is 8.42. The largest absolute Gasteiger partial charge is 0.328 e. The minimum Gasteiger partial charge on any atom is -0.321 e. The van der Waals surface area contributed by atoms with Crippen LogP contribution in [0.3, 0.4) is 0 Å². The number of nitrogens with one attached hydrogen (secondary N) is 1. The molecule has 0 aliphatic rings. The van der Waals surface area contributed by atoms with Gasteiger partial charge in [0.2, 0.25) is 0 Å². The Bertz CT molecular complexity index is 1050. The molecule has 1 N–H and O–H groups in total. The lowest BCUT2D eigenvalue weighted by atomic mass is 10.2. The predicted molar refractivity (Wildman–Crippen MR) is 109 cm³/mol. The molecular formula is C19H20ClN3O2S. The van der Waals surface area contributed by atoms with Gasteiger partial charge in [-0.25, -0.2) is 4.79 Å². The van der Waals surface area contributed by atoms with E-state index in [1.54, 1.807) is 59.3 Å². The van der Waals surface area contributed by atoms with Crippen molar-refractivity contribution < 1.29 is 4.79 Å². The number of halogens is 1. The summed E-state index contributed by atoms with van der Waals surface area (Å²) < 4.78 is 3.19. The first kappa shape index (κ1) is 18.6. The Morgan fingerprint density at radius 1 is 1.12 bits per heavy atom. The van der Waals surface area contributed by atoms with E-state index >= 15 is 0 Å². The van der Waals surface area contributed by atoms with Crippen LogP contribution in [0.2, 0.25) is 5.02 Å². The van der Waals surface area contributed by atoms with Gasteiger partial charge in [0.1, 0.15) is 0 Å². The highest BCUT2D eigenvalue weighted by Crippen LogP contribution is 2.34. The van der Waals surface area contributed by atoms with E-state index in [1.807, 2.05) is 12.1 Å². The standard InChI is InChI=1S/C19H20ClN3O2S/c1-11(2)26-17-10-16-15(22(3)19(25)23(16)4)9-14(17)21-18(24)12-6-5-7-13(20)8-12/h5-11H,1-4H3,(H,21,24). The third-order valence-electron chi connectivity index (χ3n) is 4.07. The first-order valence-corrected chi connectivity index (χ1v) is 9.46. The summed E-state index contributed by atoms with van der Waals surface area (Å²) in [5.74, 6) is -0.238. The fourth-order valence-corrected chi connectivity index (χ4v) is 3.91.